The van der Waals surface area contributed by atoms with Gasteiger partial charge in [-0.1, -0.05) is 18.2 Å². The summed E-state index contributed by atoms with van der Waals surface area (Å²) < 4.78 is 0. The maximum atomic E-state index is 6.51. The molecule has 1 unspecified atom stereocenters. The molecule has 0 spiro atoms. The largest absolute Gasteiger partial charge is 0.147 e. The SMILES string of the molecule is Cc1ccc(C(Cl)c2sccc2C)cc1C. The summed E-state index contributed by atoms with van der Waals surface area (Å²) in [5.74, 6) is 0. The molecule has 0 fully saturated rings. The van der Waals surface area contributed by atoms with Gasteiger partial charge in [-0.3, -0.25) is 0 Å². The third-order valence-corrected chi connectivity index (χ3v) is 4.64. The highest BCUT2D eigenvalue weighted by Crippen LogP contribution is 2.35. The first kappa shape index (κ1) is 11.7. The summed E-state index contributed by atoms with van der Waals surface area (Å²) in [7, 11) is 0. The molecule has 0 saturated heterocycles. The summed E-state index contributed by atoms with van der Waals surface area (Å²) in [5, 5.41) is 2.08. The zero-order chi connectivity index (χ0) is 11.7. The van der Waals surface area contributed by atoms with Crippen LogP contribution in [0.3, 0.4) is 0 Å². The first-order valence-electron chi connectivity index (χ1n) is 5.35. The van der Waals surface area contributed by atoms with Crippen molar-refractivity contribution in [2.45, 2.75) is 26.1 Å². The van der Waals surface area contributed by atoms with Crippen molar-refractivity contribution >= 4 is 22.9 Å². The van der Waals surface area contributed by atoms with Crippen molar-refractivity contribution in [3.8, 4) is 0 Å². The molecule has 16 heavy (non-hydrogen) atoms. The average Bonchev–Trinajstić information content (AvgIpc) is 2.67. The van der Waals surface area contributed by atoms with Gasteiger partial charge in [-0.2, -0.15) is 0 Å². The van der Waals surface area contributed by atoms with Crippen molar-refractivity contribution < 1.29 is 0 Å². The summed E-state index contributed by atoms with van der Waals surface area (Å²) in [6.45, 7) is 6.37. The zero-order valence-corrected chi connectivity index (χ0v) is 11.3. The topological polar surface area (TPSA) is 0 Å². The number of halogens is 1. The summed E-state index contributed by atoms with van der Waals surface area (Å²) >= 11 is 8.24. The lowest BCUT2D eigenvalue weighted by atomic mass is 10.0. The van der Waals surface area contributed by atoms with Gasteiger partial charge in [-0.05, 0) is 54.5 Å². The van der Waals surface area contributed by atoms with Gasteiger partial charge in [0.05, 0.1) is 5.38 Å². The molecule has 0 aliphatic rings. The van der Waals surface area contributed by atoms with Gasteiger partial charge in [-0.25, -0.2) is 0 Å². The van der Waals surface area contributed by atoms with Crippen LogP contribution in [0.25, 0.3) is 0 Å². The fraction of sp³-hybridized carbons (Fsp3) is 0.286. The standard InChI is InChI=1S/C14H15ClS/c1-9-4-5-12(8-11(9)3)13(15)14-10(2)6-7-16-14/h4-8,13H,1-3H3. The third-order valence-electron chi connectivity index (χ3n) is 2.96. The lowest BCUT2D eigenvalue weighted by molar-refractivity contribution is 1.14. The summed E-state index contributed by atoms with van der Waals surface area (Å²) in [5.41, 5.74) is 5.09. The fourth-order valence-electron chi connectivity index (χ4n) is 1.72. The van der Waals surface area contributed by atoms with Crippen LogP contribution in [-0.4, -0.2) is 0 Å². The van der Waals surface area contributed by atoms with Gasteiger partial charge in [0.15, 0.2) is 0 Å². The molecule has 1 aromatic heterocycles. The number of thiophene rings is 1. The highest BCUT2D eigenvalue weighted by Gasteiger charge is 2.14. The van der Waals surface area contributed by atoms with Gasteiger partial charge < -0.3 is 0 Å². The molecule has 84 valence electrons. The number of alkyl halides is 1. The van der Waals surface area contributed by atoms with Gasteiger partial charge in [0.2, 0.25) is 0 Å². The second kappa shape index (κ2) is 4.60. The maximum absolute atomic E-state index is 6.51. The number of hydrogen-bond acceptors (Lipinski definition) is 1. The van der Waals surface area contributed by atoms with Crippen molar-refractivity contribution in [2.75, 3.05) is 0 Å². The van der Waals surface area contributed by atoms with Crippen LogP contribution in [0.4, 0.5) is 0 Å². The second-order valence-electron chi connectivity index (χ2n) is 4.17. The van der Waals surface area contributed by atoms with Gasteiger partial charge in [0.25, 0.3) is 0 Å². The van der Waals surface area contributed by atoms with Crippen LogP contribution in [-0.2, 0) is 0 Å². The van der Waals surface area contributed by atoms with Crippen molar-refractivity contribution in [3.63, 3.8) is 0 Å². The number of aryl methyl sites for hydroxylation is 3. The van der Waals surface area contributed by atoms with E-state index in [1.54, 1.807) is 11.3 Å². The van der Waals surface area contributed by atoms with Gasteiger partial charge in [0, 0.05) is 4.88 Å². The van der Waals surface area contributed by atoms with Crippen LogP contribution in [0.15, 0.2) is 29.6 Å². The molecular weight excluding hydrogens is 236 g/mol. The van der Waals surface area contributed by atoms with E-state index in [0.717, 1.165) is 0 Å². The molecule has 0 aliphatic heterocycles. The third kappa shape index (κ3) is 2.16. The second-order valence-corrected chi connectivity index (χ2v) is 5.56. The molecule has 2 aromatic rings. The molecule has 0 bridgehead atoms. The fourth-order valence-corrected chi connectivity index (χ4v) is 3.11. The Bertz CT molecular complexity index is 499. The Labute approximate surface area is 106 Å². The minimum Gasteiger partial charge on any atom is -0.147 e. The van der Waals surface area contributed by atoms with Gasteiger partial charge >= 0.3 is 0 Å². The molecule has 0 saturated carbocycles. The van der Waals surface area contributed by atoms with E-state index < -0.39 is 0 Å². The van der Waals surface area contributed by atoms with E-state index in [9.17, 15) is 0 Å². The minimum atomic E-state index is -0.0145. The normalized spacial score (nSPS) is 12.8. The first-order valence-corrected chi connectivity index (χ1v) is 6.66. The van der Waals surface area contributed by atoms with E-state index in [-0.39, 0.29) is 5.38 Å². The maximum Gasteiger partial charge on any atom is 0.0930 e. The van der Waals surface area contributed by atoms with Crippen LogP contribution < -0.4 is 0 Å². The Kier molecular flexibility index (Phi) is 3.36. The molecule has 2 rings (SSSR count). The smallest absolute Gasteiger partial charge is 0.0930 e. The molecular formula is C14H15ClS. The van der Waals surface area contributed by atoms with E-state index in [4.69, 9.17) is 11.6 Å². The molecule has 0 N–H and O–H groups in total. The number of benzene rings is 1. The molecule has 0 amide bonds. The van der Waals surface area contributed by atoms with Crippen LogP contribution in [0, 0.1) is 20.8 Å². The minimum absolute atomic E-state index is 0.0145. The summed E-state index contributed by atoms with van der Waals surface area (Å²) in [6.07, 6.45) is 0. The Hall–Kier alpha value is -0.790. The van der Waals surface area contributed by atoms with E-state index in [1.807, 2.05) is 0 Å². The molecule has 1 atom stereocenters. The van der Waals surface area contributed by atoms with E-state index in [0.29, 0.717) is 0 Å². The van der Waals surface area contributed by atoms with Crippen LogP contribution in [0.5, 0.6) is 0 Å². The Morgan fingerprint density at radius 1 is 1.00 bits per heavy atom. The molecule has 0 radical (unpaired) electrons. The number of hydrogen-bond donors (Lipinski definition) is 0. The predicted octanol–water partition coefficient (Wildman–Crippen LogP) is 5.00. The summed E-state index contributed by atoms with van der Waals surface area (Å²) in [6, 6.07) is 8.57. The Morgan fingerprint density at radius 2 is 1.75 bits per heavy atom. The van der Waals surface area contributed by atoms with Crippen LogP contribution in [0.1, 0.15) is 32.5 Å². The zero-order valence-electron chi connectivity index (χ0n) is 9.75. The quantitative estimate of drug-likeness (QED) is 0.658. The Morgan fingerprint density at radius 3 is 2.31 bits per heavy atom. The van der Waals surface area contributed by atoms with Gasteiger partial charge in [-0.15, -0.1) is 22.9 Å². The lowest BCUT2D eigenvalue weighted by Gasteiger charge is -2.11. The highest BCUT2D eigenvalue weighted by molar-refractivity contribution is 7.10. The number of rotatable bonds is 2. The lowest BCUT2D eigenvalue weighted by Crippen LogP contribution is -1.94. The van der Waals surface area contributed by atoms with Crippen molar-refractivity contribution in [2.24, 2.45) is 0 Å². The van der Waals surface area contributed by atoms with Crippen molar-refractivity contribution in [1.82, 2.24) is 0 Å². The average molecular weight is 251 g/mol. The highest BCUT2D eigenvalue weighted by atomic mass is 35.5. The Balaban J connectivity index is 2.38. The van der Waals surface area contributed by atoms with Crippen molar-refractivity contribution in [3.05, 3.63) is 56.8 Å². The molecule has 0 nitrogen and oxygen atoms in total. The first-order chi connectivity index (χ1) is 7.59. The van der Waals surface area contributed by atoms with Crippen LogP contribution >= 0.6 is 22.9 Å². The monoisotopic (exact) mass is 250 g/mol. The molecule has 1 heterocycles. The van der Waals surface area contributed by atoms with E-state index in [2.05, 4.69) is 50.4 Å². The molecule has 0 aliphatic carbocycles. The van der Waals surface area contributed by atoms with E-state index >= 15 is 0 Å². The van der Waals surface area contributed by atoms with Gasteiger partial charge in [0.1, 0.15) is 0 Å². The summed E-state index contributed by atoms with van der Waals surface area (Å²) in [4.78, 5) is 1.25. The molecule has 1 aromatic carbocycles. The van der Waals surface area contributed by atoms with Crippen molar-refractivity contribution in [1.29, 1.82) is 0 Å². The predicted molar refractivity (Wildman–Crippen MR) is 72.7 cm³/mol. The molecule has 2 heteroatoms. The van der Waals surface area contributed by atoms with Crippen LogP contribution in [0.2, 0.25) is 0 Å². The van der Waals surface area contributed by atoms with E-state index in [1.165, 1.54) is 27.1 Å².